The molecule has 0 aromatic heterocycles. The van der Waals surface area contributed by atoms with Crippen LogP contribution in [-0.2, 0) is 26.0 Å². The Morgan fingerprint density at radius 3 is 2.60 bits per heavy atom. The summed E-state index contributed by atoms with van der Waals surface area (Å²) < 4.78 is 22.7. The number of nitrogens with two attached hydrogens (primary N) is 1. The molecule has 0 spiro atoms. The van der Waals surface area contributed by atoms with Gasteiger partial charge in [-0.25, -0.2) is 23.4 Å². The standard InChI is InChI=1S/C24H27N5O4S2/c1-3-15(2)21-23(31)29-22(28-21)18-6-4-5-7-19(18)27-24(29)34-14-20(30)26-13-12-16-8-10-17(11-9-16)35(25,32)33/h4-11,15,21H,3,12-14H2,1-2H3,(H,26,30)(H2,25,32,33)/t15-,21+/m1/s1. The van der Waals surface area contributed by atoms with Gasteiger partial charge >= 0.3 is 0 Å². The van der Waals surface area contributed by atoms with E-state index in [9.17, 15) is 18.0 Å². The van der Waals surface area contributed by atoms with Crippen molar-refractivity contribution in [3.05, 3.63) is 59.7 Å². The fourth-order valence-corrected chi connectivity index (χ4v) is 5.18. The summed E-state index contributed by atoms with van der Waals surface area (Å²) in [6, 6.07) is 13.3. The summed E-state index contributed by atoms with van der Waals surface area (Å²) in [6.07, 6.45) is 1.36. The quantitative estimate of drug-likeness (QED) is 0.559. The van der Waals surface area contributed by atoms with E-state index in [1.165, 1.54) is 23.9 Å². The number of thioether (sulfide) groups is 1. The zero-order chi connectivity index (χ0) is 25.2. The van der Waals surface area contributed by atoms with Gasteiger partial charge in [0.05, 0.1) is 16.3 Å². The summed E-state index contributed by atoms with van der Waals surface area (Å²) in [5, 5.41) is 8.41. The van der Waals surface area contributed by atoms with Gasteiger partial charge in [-0.1, -0.05) is 56.3 Å². The van der Waals surface area contributed by atoms with Crippen molar-refractivity contribution in [1.29, 1.82) is 0 Å². The van der Waals surface area contributed by atoms with Crippen LogP contribution in [0.15, 0.2) is 63.4 Å². The molecule has 2 aliphatic heterocycles. The van der Waals surface area contributed by atoms with Crippen LogP contribution in [0.25, 0.3) is 0 Å². The van der Waals surface area contributed by atoms with Crippen LogP contribution in [-0.4, -0.2) is 54.5 Å². The predicted octanol–water partition coefficient (Wildman–Crippen LogP) is 2.43. The van der Waals surface area contributed by atoms with Crippen molar-refractivity contribution in [2.45, 2.75) is 37.6 Å². The number of fused-ring (bicyclic) bond motifs is 3. The highest BCUT2D eigenvalue weighted by Gasteiger charge is 2.43. The Morgan fingerprint density at radius 2 is 1.91 bits per heavy atom. The lowest BCUT2D eigenvalue weighted by Gasteiger charge is -2.25. The van der Waals surface area contributed by atoms with Gasteiger partial charge in [0, 0.05) is 12.1 Å². The van der Waals surface area contributed by atoms with E-state index in [1.54, 1.807) is 17.0 Å². The van der Waals surface area contributed by atoms with Crippen LogP contribution in [0.3, 0.4) is 0 Å². The predicted molar refractivity (Wildman–Crippen MR) is 137 cm³/mol. The van der Waals surface area contributed by atoms with Crippen molar-refractivity contribution in [2.24, 2.45) is 21.0 Å². The molecule has 4 rings (SSSR count). The molecule has 9 nitrogen and oxygen atoms in total. The molecule has 0 bridgehead atoms. The van der Waals surface area contributed by atoms with Crippen LogP contribution < -0.4 is 10.5 Å². The number of rotatable bonds is 8. The summed E-state index contributed by atoms with van der Waals surface area (Å²) in [7, 11) is -3.73. The number of aliphatic imine (C=N–C) groups is 2. The second-order valence-corrected chi connectivity index (χ2v) is 10.9. The maximum absolute atomic E-state index is 13.2. The van der Waals surface area contributed by atoms with Crippen LogP contribution in [0.5, 0.6) is 0 Å². The number of benzene rings is 2. The van der Waals surface area contributed by atoms with Crippen LogP contribution in [0, 0.1) is 5.92 Å². The molecule has 0 unspecified atom stereocenters. The van der Waals surface area contributed by atoms with Crippen molar-refractivity contribution in [1.82, 2.24) is 10.2 Å². The number of carbonyl (C=O) groups excluding carboxylic acids is 2. The Hall–Kier alpha value is -3.02. The molecule has 2 aromatic rings. The van der Waals surface area contributed by atoms with E-state index in [0.717, 1.165) is 23.2 Å². The number of hydrogen-bond acceptors (Lipinski definition) is 7. The molecule has 35 heavy (non-hydrogen) atoms. The van der Waals surface area contributed by atoms with Gasteiger partial charge in [0.2, 0.25) is 15.9 Å². The first-order valence-corrected chi connectivity index (χ1v) is 13.8. The zero-order valence-electron chi connectivity index (χ0n) is 19.5. The second kappa shape index (κ2) is 10.3. The summed E-state index contributed by atoms with van der Waals surface area (Å²) in [5.41, 5.74) is 2.41. The smallest absolute Gasteiger partial charge is 0.259 e. The number of hydrogen-bond donors (Lipinski definition) is 2. The van der Waals surface area contributed by atoms with Crippen molar-refractivity contribution >= 4 is 50.3 Å². The first-order chi connectivity index (χ1) is 16.7. The Balaban J connectivity index is 1.38. The first kappa shape index (κ1) is 25.1. The van der Waals surface area contributed by atoms with E-state index in [4.69, 9.17) is 10.1 Å². The Morgan fingerprint density at radius 1 is 1.20 bits per heavy atom. The van der Waals surface area contributed by atoms with Gasteiger partial charge in [0.25, 0.3) is 5.91 Å². The SMILES string of the molecule is CC[C@@H](C)[C@@H]1N=C2c3ccccc3N=C(SCC(=O)NCCc3ccc(S(N)(=O)=O)cc3)N2C1=O. The molecule has 0 fully saturated rings. The first-order valence-electron chi connectivity index (χ1n) is 11.3. The van der Waals surface area contributed by atoms with E-state index in [2.05, 4.69) is 10.3 Å². The lowest BCUT2D eigenvalue weighted by molar-refractivity contribution is -0.125. The summed E-state index contributed by atoms with van der Waals surface area (Å²) in [5.74, 6) is 0.481. The van der Waals surface area contributed by atoms with Gasteiger partial charge in [-0.3, -0.25) is 14.6 Å². The highest BCUT2D eigenvalue weighted by molar-refractivity contribution is 8.14. The van der Waals surface area contributed by atoms with Gasteiger partial charge in [-0.05, 0) is 42.2 Å². The maximum Gasteiger partial charge on any atom is 0.259 e. The van der Waals surface area contributed by atoms with Crippen molar-refractivity contribution in [2.75, 3.05) is 12.3 Å². The van der Waals surface area contributed by atoms with Gasteiger partial charge in [-0.2, -0.15) is 0 Å². The number of amidine groups is 2. The number of nitrogens with zero attached hydrogens (tertiary/aromatic N) is 3. The monoisotopic (exact) mass is 513 g/mol. The zero-order valence-corrected chi connectivity index (χ0v) is 21.1. The third-order valence-corrected chi connectivity index (χ3v) is 7.87. The molecule has 0 saturated carbocycles. The number of para-hydroxylation sites is 1. The summed E-state index contributed by atoms with van der Waals surface area (Å²) in [4.78, 5) is 36.7. The molecule has 3 N–H and O–H groups in total. The second-order valence-electron chi connectivity index (χ2n) is 8.45. The lowest BCUT2D eigenvalue weighted by atomic mass is 10.00. The largest absolute Gasteiger partial charge is 0.355 e. The molecule has 11 heteroatoms. The van der Waals surface area contributed by atoms with Crippen molar-refractivity contribution in [3.8, 4) is 0 Å². The average molecular weight is 514 g/mol. The average Bonchev–Trinajstić information content (AvgIpc) is 3.19. The topological polar surface area (TPSA) is 134 Å². The molecule has 0 saturated heterocycles. The number of primary sulfonamides is 1. The molecular formula is C24H27N5O4S2. The van der Waals surface area contributed by atoms with E-state index >= 15 is 0 Å². The highest BCUT2D eigenvalue weighted by Crippen LogP contribution is 2.35. The van der Waals surface area contributed by atoms with Crippen LogP contribution in [0.4, 0.5) is 5.69 Å². The van der Waals surface area contributed by atoms with Gasteiger partial charge < -0.3 is 5.32 Å². The van der Waals surface area contributed by atoms with E-state index in [1.807, 2.05) is 38.1 Å². The number of sulfonamides is 1. The van der Waals surface area contributed by atoms with Crippen molar-refractivity contribution in [3.63, 3.8) is 0 Å². The molecule has 2 aliphatic rings. The summed E-state index contributed by atoms with van der Waals surface area (Å²) >= 11 is 1.20. The molecule has 184 valence electrons. The fourth-order valence-electron chi connectivity index (χ4n) is 3.83. The van der Waals surface area contributed by atoms with Crippen LogP contribution >= 0.6 is 11.8 Å². The molecule has 2 atom stereocenters. The number of carbonyl (C=O) groups is 2. The maximum atomic E-state index is 13.2. The number of nitrogens with one attached hydrogen (secondary N) is 1. The minimum Gasteiger partial charge on any atom is -0.355 e. The molecule has 2 amide bonds. The van der Waals surface area contributed by atoms with Gasteiger partial charge in [-0.15, -0.1) is 0 Å². The minimum absolute atomic E-state index is 0.0476. The normalized spacial score (nSPS) is 17.9. The van der Waals surface area contributed by atoms with Gasteiger partial charge in [0.1, 0.15) is 11.9 Å². The van der Waals surface area contributed by atoms with Crippen molar-refractivity contribution < 1.29 is 18.0 Å². The van der Waals surface area contributed by atoms with Crippen LogP contribution in [0.2, 0.25) is 0 Å². The van der Waals surface area contributed by atoms with E-state index in [-0.39, 0.29) is 28.4 Å². The fraction of sp³-hybridized carbons (Fsp3) is 0.333. The third kappa shape index (κ3) is 5.47. The highest BCUT2D eigenvalue weighted by atomic mass is 32.2. The van der Waals surface area contributed by atoms with Crippen LogP contribution in [0.1, 0.15) is 31.4 Å². The molecular weight excluding hydrogens is 486 g/mol. The molecule has 0 aliphatic carbocycles. The molecule has 2 heterocycles. The lowest BCUT2D eigenvalue weighted by Crippen LogP contribution is -2.42. The molecule has 0 radical (unpaired) electrons. The Kier molecular flexibility index (Phi) is 7.39. The van der Waals surface area contributed by atoms with Gasteiger partial charge in [0.15, 0.2) is 5.17 Å². The number of amides is 2. The third-order valence-electron chi connectivity index (χ3n) is 6.00. The molecule has 2 aromatic carbocycles. The summed E-state index contributed by atoms with van der Waals surface area (Å²) in [6.45, 7) is 4.43. The van der Waals surface area contributed by atoms with E-state index in [0.29, 0.717) is 24.0 Å². The minimum atomic E-state index is -3.73. The Labute approximate surface area is 209 Å². The Bertz CT molecular complexity index is 1310. The van der Waals surface area contributed by atoms with E-state index < -0.39 is 16.1 Å².